The van der Waals surface area contributed by atoms with Crippen molar-refractivity contribution in [3.63, 3.8) is 0 Å². The fraction of sp³-hybridized carbons (Fsp3) is 0.500. The number of carbonyl (C=O) groups is 1. The molecule has 6 nitrogen and oxygen atoms in total. The number of aromatic nitrogens is 2. The number of halogens is 2. The molecule has 2 aromatic rings. The predicted molar refractivity (Wildman–Crippen MR) is 101 cm³/mol. The Morgan fingerprint density at radius 3 is 2.65 bits per heavy atom. The average molecular weight is 397 g/mol. The molecule has 0 spiro atoms. The molecule has 0 radical (unpaired) electrons. The average Bonchev–Trinajstić information content (AvgIpc) is 3.10. The first-order valence-corrected chi connectivity index (χ1v) is 9.11. The van der Waals surface area contributed by atoms with Gasteiger partial charge in [-0.1, -0.05) is 16.8 Å². The maximum absolute atomic E-state index is 12.7. The van der Waals surface area contributed by atoms with E-state index in [1.54, 1.807) is 24.3 Å². The lowest BCUT2D eigenvalue weighted by atomic mass is 9.77. The third-order valence-corrected chi connectivity index (χ3v) is 5.53. The Balaban J connectivity index is 0.00000196. The van der Waals surface area contributed by atoms with Gasteiger partial charge >= 0.3 is 0 Å². The van der Waals surface area contributed by atoms with Crippen molar-refractivity contribution in [2.75, 3.05) is 13.1 Å². The molecule has 0 bridgehead atoms. The quantitative estimate of drug-likeness (QED) is 0.857. The van der Waals surface area contributed by atoms with Gasteiger partial charge in [-0.3, -0.25) is 4.79 Å². The van der Waals surface area contributed by atoms with Crippen LogP contribution in [0, 0.1) is 0 Å². The van der Waals surface area contributed by atoms with E-state index in [4.69, 9.17) is 21.9 Å². The summed E-state index contributed by atoms with van der Waals surface area (Å²) in [6, 6.07) is 6.99. The van der Waals surface area contributed by atoms with Crippen LogP contribution < -0.4 is 5.73 Å². The number of hydrogen-bond donors (Lipinski definition) is 1. The fourth-order valence-corrected chi connectivity index (χ4v) is 3.65. The normalized spacial score (nSPS) is 21.6. The largest absolute Gasteiger partial charge is 0.339 e. The van der Waals surface area contributed by atoms with Crippen LogP contribution >= 0.6 is 24.0 Å². The first-order chi connectivity index (χ1) is 12.0. The second-order valence-corrected chi connectivity index (χ2v) is 7.50. The molecule has 2 heterocycles. The number of likely N-dealkylation sites (tertiary alicyclic amines) is 1. The van der Waals surface area contributed by atoms with E-state index in [1.165, 1.54) is 0 Å². The summed E-state index contributed by atoms with van der Waals surface area (Å²) < 4.78 is 5.48. The van der Waals surface area contributed by atoms with Gasteiger partial charge in [0.05, 0.1) is 11.5 Å². The highest BCUT2D eigenvalue weighted by molar-refractivity contribution is 6.30. The van der Waals surface area contributed by atoms with Gasteiger partial charge in [0, 0.05) is 23.7 Å². The summed E-state index contributed by atoms with van der Waals surface area (Å²) in [5, 5.41) is 4.72. The van der Waals surface area contributed by atoms with E-state index >= 15 is 0 Å². The second kappa shape index (κ2) is 7.55. The Hall–Kier alpha value is -1.63. The number of carbonyl (C=O) groups excluding carboxylic acids is 1. The van der Waals surface area contributed by atoms with Crippen LogP contribution in [0.5, 0.6) is 0 Å². The van der Waals surface area contributed by atoms with E-state index in [9.17, 15) is 4.79 Å². The van der Waals surface area contributed by atoms with Crippen LogP contribution in [0.15, 0.2) is 28.8 Å². The Kier molecular flexibility index (Phi) is 5.55. The number of hydrogen-bond acceptors (Lipinski definition) is 5. The van der Waals surface area contributed by atoms with Crippen LogP contribution in [0.25, 0.3) is 0 Å². The van der Waals surface area contributed by atoms with Crippen molar-refractivity contribution >= 4 is 29.9 Å². The van der Waals surface area contributed by atoms with E-state index in [1.807, 2.05) is 4.90 Å². The smallest absolute Gasteiger partial charge is 0.253 e. The summed E-state index contributed by atoms with van der Waals surface area (Å²) >= 11 is 5.90. The highest BCUT2D eigenvalue weighted by Gasteiger charge is 2.40. The van der Waals surface area contributed by atoms with Gasteiger partial charge in [-0.05, 0) is 56.4 Å². The molecule has 1 amide bonds. The summed E-state index contributed by atoms with van der Waals surface area (Å²) in [6.45, 7) is 1.32. The molecule has 1 aliphatic heterocycles. The molecule has 1 aliphatic carbocycles. The van der Waals surface area contributed by atoms with Crippen molar-refractivity contribution < 1.29 is 9.32 Å². The minimum atomic E-state index is -0.421. The standard InChI is InChI=1S/C18H21ClN4O2.ClH/c19-14-6-4-12(5-7-14)16(24)23-10-1-3-13(11-23)15-21-17(22-25-15)18(20)8-2-9-18;/h4-7,13H,1-3,8-11,20H2;1H. The van der Waals surface area contributed by atoms with Gasteiger partial charge in [-0.2, -0.15) is 4.98 Å². The van der Waals surface area contributed by atoms with Crippen molar-refractivity contribution in [1.82, 2.24) is 15.0 Å². The van der Waals surface area contributed by atoms with E-state index in [-0.39, 0.29) is 24.2 Å². The number of benzene rings is 1. The third-order valence-electron chi connectivity index (χ3n) is 5.28. The van der Waals surface area contributed by atoms with Crippen LogP contribution in [-0.4, -0.2) is 34.0 Å². The van der Waals surface area contributed by atoms with Crippen LogP contribution in [0.1, 0.15) is 60.1 Å². The molecule has 1 saturated heterocycles. The van der Waals surface area contributed by atoms with Crippen molar-refractivity contribution in [1.29, 1.82) is 0 Å². The maximum Gasteiger partial charge on any atom is 0.253 e. The molecule has 8 heteroatoms. The van der Waals surface area contributed by atoms with Crippen molar-refractivity contribution in [2.24, 2.45) is 5.73 Å². The number of nitrogens with zero attached hydrogens (tertiary/aromatic N) is 3. The first kappa shape index (κ1) is 19.1. The van der Waals surface area contributed by atoms with Crippen LogP contribution in [0.3, 0.4) is 0 Å². The van der Waals surface area contributed by atoms with Gasteiger partial charge in [-0.25, -0.2) is 0 Å². The van der Waals surface area contributed by atoms with Crippen molar-refractivity contribution in [2.45, 2.75) is 43.6 Å². The van der Waals surface area contributed by atoms with Crippen LogP contribution in [-0.2, 0) is 5.54 Å². The monoisotopic (exact) mass is 396 g/mol. The lowest BCUT2D eigenvalue weighted by Gasteiger charge is -2.34. The molecule has 1 unspecified atom stereocenters. The number of amides is 1. The number of rotatable bonds is 3. The van der Waals surface area contributed by atoms with Crippen molar-refractivity contribution in [3.8, 4) is 0 Å². The van der Waals surface area contributed by atoms with Crippen LogP contribution in [0.2, 0.25) is 5.02 Å². The van der Waals surface area contributed by atoms with E-state index in [0.717, 1.165) is 38.6 Å². The van der Waals surface area contributed by atoms with Gasteiger partial charge < -0.3 is 15.2 Å². The lowest BCUT2D eigenvalue weighted by molar-refractivity contribution is 0.0695. The topological polar surface area (TPSA) is 85.2 Å². The minimum Gasteiger partial charge on any atom is -0.339 e. The van der Waals surface area contributed by atoms with Gasteiger partial charge in [0.25, 0.3) is 5.91 Å². The molecule has 2 N–H and O–H groups in total. The Morgan fingerprint density at radius 1 is 1.27 bits per heavy atom. The molecule has 1 atom stereocenters. The van der Waals surface area contributed by atoms with E-state index in [0.29, 0.717) is 28.8 Å². The summed E-state index contributed by atoms with van der Waals surface area (Å²) in [6.07, 6.45) is 4.75. The Morgan fingerprint density at radius 2 is 2.00 bits per heavy atom. The minimum absolute atomic E-state index is 0. The van der Waals surface area contributed by atoms with Gasteiger partial charge in [-0.15, -0.1) is 12.4 Å². The lowest BCUT2D eigenvalue weighted by Crippen LogP contribution is -2.44. The Labute approximate surface area is 163 Å². The summed E-state index contributed by atoms with van der Waals surface area (Å²) in [5.41, 5.74) is 6.49. The maximum atomic E-state index is 12.7. The highest BCUT2D eigenvalue weighted by Crippen LogP contribution is 2.38. The van der Waals surface area contributed by atoms with Crippen molar-refractivity contribution in [3.05, 3.63) is 46.6 Å². The van der Waals surface area contributed by atoms with E-state index in [2.05, 4.69) is 10.1 Å². The molecule has 2 fully saturated rings. The molecule has 1 saturated carbocycles. The van der Waals surface area contributed by atoms with Gasteiger partial charge in [0.2, 0.25) is 5.89 Å². The van der Waals surface area contributed by atoms with Gasteiger partial charge in [0.1, 0.15) is 0 Å². The predicted octanol–water partition coefficient (Wildman–Crippen LogP) is 3.50. The van der Waals surface area contributed by atoms with Crippen LogP contribution in [0.4, 0.5) is 0 Å². The second-order valence-electron chi connectivity index (χ2n) is 7.06. The zero-order valence-corrected chi connectivity index (χ0v) is 15.9. The molecule has 1 aromatic carbocycles. The summed E-state index contributed by atoms with van der Waals surface area (Å²) in [5.74, 6) is 1.28. The fourth-order valence-electron chi connectivity index (χ4n) is 3.52. The zero-order valence-electron chi connectivity index (χ0n) is 14.4. The Bertz CT molecular complexity index is 774. The highest BCUT2D eigenvalue weighted by atomic mass is 35.5. The molecule has 140 valence electrons. The third kappa shape index (κ3) is 3.59. The molecule has 2 aliphatic rings. The van der Waals surface area contributed by atoms with E-state index < -0.39 is 5.54 Å². The molecular formula is C18H22Cl2N4O2. The summed E-state index contributed by atoms with van der Waals surface area (Å²) in [4.78, 5) is 19.1. The zero-order chi connectivity index (χ0) is 17.4. The molecule has 1 aromatic heterocycles. The number of nitrogens with two attached hydrogens (primary N) is 1. The first-order valence-electron chi connectivity index (χ1n) is 8.73. The molecule has 4 rings (SSSR count). The van der Waals surface area contributed by atoms with Gasteiger partial charge in [0.15, 0.2) is 5.82 Å². The SMILES string of the molecule is Cl.NC1(c2noc(C3CCCN(C(=O)c4ccc(Cl)cc4)C3)n2)CCC1. The molecule has 26 heavy (non-hydrogen) atoms. The summed E-state index contributed by atoms with van der Waals surface area (Å²) in [7, 11) is 0. The molecular weight excluding hydrogens is 375 g/mol. The number of piperidine rings is 1.